The summed E-state index contributed by atoms with van der Waals surface area (Å²) >= 11 is 14.5. The van der Waals surface area contributed by atoms with E-state index < -0.39 is 0 Å². The van der Waals surface area contributed by atoms with E-state index in [4.69, 9.17) is 29.6 Å². The Kier molecular flexibility index (Phi) is 3.28. The SMILES string of the molecule is Nc1cnn(-c2ccc(Br)c(Cl)c2)c(=S)c1. The first-order valence-corrected chi connectivity index (χ1v) is 5.96. The second-order valence-electron chi connectivity index (χ2n) is 3.14. The van der Waals surface area contributed by atoms with Crippen LogP contribution in [0.25, 0.3) is 5.69 Å². The molecule has 0 atom stereocenters. The molecule has 0 radical (unpaired) electrons. The van der Waals surface area contributed by atoms with Crippen LogP contribution in [0.2, 0.25) is 5.02 Å². The zero-order valence-corrected chi connectivity index (χ0v) is 11.2. The van der Waals surface area contributed by atoms with Crippen LogP contribution < -0.4 is 5.73 Å². The van der Waals surface area contributed by atoms with Crippen molar-refractivity contribution >= 4 is 45.4 Å². The Bertz CT molecular complexity index is 597. The number of halogens is 2. The van der Waals surface area contributed by atoms with Gasteiger partial charge in [-0.25, -0.2) is 4.68 Å². The van der Waals surface area contributed by atoms with Gasteiger partial charge in [0.2, 0.25) is 0 Å². The van der Waals surface area contributed by atoms with Gasteiger partial charge in [-0.15, -0.1) is 0 Å². The normalized spacial score (nSPS) is 10.4. The molecular weight excluding hydrogens is 310 g/mol. The van der Waals surface area contributed by atoms with E-state index in [1.165, 1.54) is 0 Å². The number of nitrogens with two attached hydrogens (primary N) is 1. The van der Waals surface area contributed by atoms with Crippen LogP contribution in [0.15, 0.2) is 34.9 Å². The van der Waals surface area contributed by atoms with E-state index >= 15 is 0 Å². The number of rotatable bonds is 1. The monoisotopic (exact) mass is 315 g/mol. The van der Waals surface area contributed by atoms with Gasteiger partial charge in [0.25, 0.3) is 0 Å². The molecule has 0 aliphatic rings. The zero-order chi connectivity index (χ0) is 11.7. The van der Waals surface area contributed by atoms with Gasteiger partial charge in [0.1, 0.15) is 4.64 Å². The minimum Gasteiger partial charge on any atom is -0.397 e. The molecule has 0 bridgehead atoms. The van der Waals surface area contributed by atoms with Crippen molar-refractivity contribution in [2.75, 3.05) is 5.73 Å². The second kappa shape index (κ2) is 4.53. The lowest BCUT2D eigenvalue weighted by atomic mass is 10.3. The average molecular weight is 317 g/mol. The summed E-state index contributed by atoms with van der Waals surface area (Å²) in [5.41, 5.74) is 6.93. The fourth-order valence-corrected chi connectivity index (χ4v) is 1.94. The van der Waals surface area contributed by atoms with Gasteiger partial charge in [-0.3, -0.25) is 0 Å². The molecule has 6 heteroatoms. The predicted octanol–water partition coefficient (Wildman–Crippen LogP) is 3.60. The number of nitrogens with zero attached hydrogens (tertiary/aromatic N) is 2. The Hall–Kier alpha value is -0.910. The van der Waals surface area contributed by atoms with Crippen molar-refractivity contribution < 1.29 is 0 Å². The number of benzene rings is 1. The van der Waals surface area contributed by atoms with Crippen molar-refractivity contribution in [3.63, 3.8) is 0 Å². The maximum absolute atomic E-state index is 6.00. The van der Waals surface area contributed by atoms with Gasteiger partial charge < -0.3 is 5.73 Å². The number of hydrogen-bond acceptors (Lipinski definition) is 3. The molecule has 0 spiro atoms. The van der Waals surface area contributed by atoms with Gasteiger partial charge in [-0.05, 0) is 40.2 Å². The number of hydrogen-bond donors (Lipinski definition) is 1. The van der Waals surface area contributed by atoms with Gasteiger partial charge in [0, 0.05) is 4.47 Å². The molecule has 16 heavy (non-hydrogen) atoms. The summed E-state index contributed by atoms with van der Waals surface area (Å²) < 4.78 is 2.97. The molecule has 0 amide bonds. The molecule has 1 aromatic carbocycles. The third-order valence-corrected chi connectivity index (χ3v) is 3.49. The van der Waals surface area contributed by atoms with Crippen molar-refractivity contribution in [3.8, 4) is 5.69 Å². The summed E-state index contributed by atoms with van der Waals surface area (Å²) in [6.45, 7) is 0. The summed E-state index contributed by atoms with van der Waals surface area (Å²) in [7, 11) is 0. The lowest BCUT2D eigenvalue weighted by Crippen LogP contribution is -2.02. The van der Waals surface area contributed by atoms with E-state index in [2.05, 4.69) is 21.0 Å². The highest BCUT2D eigenvalue weighted by atomic mass is 79.9. The largest absolute Gasteiger partial charge is 0.397 e. The molecule has 0 saturated carbocycles. The Balaban J connectivity index is 2.59. The van der Waals surface area contributed by atoms with Gasteiger partial charge >= 0.3 is 0 Å². The fraction of sp³-hybridized carbons (Fsp3) is 0. The van der Waals surface area contributed by atoms with Gasteiger partial charge in [0.05, 0.1) is 22.6 Å². The van der Waals surface area contributed by atoms with Crippen molar-refractivity contribution in [2.45, 2.75) is 0 Å². The quantitative estimate of drug-likeness (QED) is 0.818. The molecule has 0 aliphatic heterocycles. The lowest BCUT2D eigenvalue weighted by Gasteiger charge is -2.06. The maximum atomic E-state index is 6.00. The van der Waals surface area contributed by atoms with Crippen LogP contribution in [0.1, 0.15) is 0 Å². The predicted molar refractivity (Wildman–Crippen MR) is 71.5 cm³/mol. The Morgan fingerprint density at radius 1 is 1.38 bits per heavy atom. The Morgan fingerprint density at radius 3 is 2.75 bits per heavy atom. The molecular formula is C10H7BrClN3S. The van der Waals surface area contributed by atoms with Crippen LogP contribution in [0.5, 0.6) is 0 Å². The van der Waals surface area contributed by atoms with Crippen molar-refractivity contribution in [1.82, 2.24) is 9.78 Å². The molecule has 0 aliphatic carbocycles. The van der Waals surface area contributed by atoms with Gasteiger partial charge in [0.15, 0.2) is 0 Å². The first kappa shape index (κ1) is 11.6. The summed E-state index contributed by atoms with van der Waals surface area (Å²) in [5.74, 6) is 0. The number of aromatic nitrogens is 2. The standard InChI is InChI=1S/C10H7BrClN3S/c11-8-2-1-7(4-9(8)12)15-10(16)3-6(13)5-14-15/h1-5H,13H2. The second-order valence-corrected chi connectivity index (χ2v) is 4.82. The minimum absolute atomic E-state index is 0.540. The Labute approximate surface area is 111 Å². The molecule has 0 fully saturated rings. The first-order chi connectivity index (χ1) is 7.58. The molecule has 1 aromatic heterocycles. The fourth-order valence-electron chi connectivity index (χ4n) is 1.23. The van der Waals surface area contributed by atoms with E-state index in [-0.39, 0.29) is 0 Å². The van der Waals surface area contributed by atoms with Gasteiger partial charge in [-0.2, -0.15) is 5.10 Å². The average Bonchev–Trinajstić information content (AvgIpc) is 2.22. The molecule has 0 unspecified atom stereocenters. The van der Waals surface area contributed by atoms with Crippen molar-refractivity contribution in [3.05, 3.63) is 44.6 Å². The van der Waals surface area contributed by atoms with E-state index in [0.717, 1.165) is 10.2 Å². The zero-order valence-electron chi connectivity index (χ0n) is 8.02. The molecule has 3 nitrogen and oxygen atoms in total. The van der Waals surface area contributed by atoms with Crippen LogP contribution in [0, 0.1) is 4.64 Å². The summed E-state index contributed by atoms with van der Waals surface area (Å²) in [5, 5.41) is 4.74. The van der Waals surface area contributed by atoms with Gasteiger partial charge in [-0.1, -0.05) is 23.8 Å². The highest BCUT2D eigenvalue weighted by Gasteiger charge is 2.02. The molecule has 1 heterocycles. The van der Waals surface area contributed by atoms with Crippen LogP contribution >= 0.6 is 39.7 Å². The smallest absolute Gasteiger partial charge is 0.130 e. The summed E-state index contributed by atoms with van der Waals surface area (Å²) in [6, 6.07) is 7.18. The van der Waals surface area contributed by atoms with E-state index in [1.807, 2.05) is 12.1 Å². The number of anilines is 1. The first-order valence-electron chi connectivity index (χ1n) is 4.38. The molecule has 2 aromatic rings. The number of nitrogen functional groups attached to an aromatic ring is 1. The van der Waals surface area contributed by atoms with Crippen LogP contribution in [0.3, 0.4) is 0 Å². The summed E-state index contributed by atoms with van der Waals surface area (Å²) in [4.78, 5) is 0. The Morgan fingerprint density at radius 2 is 2.12 bits per heavy atom. The summed E-state index contributed by atoms with van der Waals surface area (Å²) in [6.07, 6.45) is 1.55. The van der Waals surface area contributed by atoms with E-state index in [9.17, 15) is 0 Å². The van der Waals surface area contributed by atoms with Crippen molar-refractivity contribution in [1.29, 1.82) is 0 Å². The molecule has 2 rings (SSSR count). The third kappa shape index (κ3) is 2.26. The van der Waals surface area contributed by atoms with E-state index in [1.54, 1.807) is 23.0 Å². The highest BCUT2D eigenvalue weighted by molar-refractivity contribution is 9.10. The van der Waals surface area contributed by atoms with Crippen LogP contribution in [0.4, 0.5) is 5.69 Å². The third-order valence-electron chi connectivity index (χ3n) is 1.97. The highest BCUT2D eigenvalue weighted by Crippen LogP contribution is 2.24. The molecule has 82 valence electrons. The molecule has 0 saturated heterocycles. The van der Waals surface area contributed by atoms with E-state index in [0.29, 0.717) is 15.4 Å². The topological polar surface area (TPSA) is 43.8 Å². The van der Waals surface area contributed by atoms with Crippen LogP contribution in [-0.2, 0) is 0 Å². The maximum Gasteiger partial charge on any atom is 0.130 e. The molecule has 2 N–H and O–H groups in total. The minimum atomic E-state index is 0.540. The van der Waals surface area contributed by atoms with Crippen LogP contribution in [-0.4, -0.2) is 9.78 Å². The van der Waals surface area contributed by atoms with Crippen molar-refractivity contribution in [2.24, 2.45) is 0 Å². The lowest BCUT2D eigenvalue weighted by molar-refractivity contribution is 0.831.